The number of nitrogens with one attached hydrogen (secondary N) is 1. The van der Waals surface area contributed by atoms with Gasteiger partial charge in [-0.2, -0.15) is 0 Å². The van der Waals surface area contributed by atoms with Gasteiger partial charge in [-0.15, -0.1) is 11.8 Å². The van der Waals surface area contributed by atoms with Gasteiger partial charge < -0.3 is 14.4 Å². The number of ether oxygens (including phenoxy) is 2. The Bertz CT molecular complexity index is 1090. The largest absolute Gasteiger partial charge is 0.456 e. The predicted octanol–water partition coefficient (Wildman–Crippen LogP) is 1.92. The Morgan fingerprint density at radius 3 is 2.30 bits per heavy atom. The number of esters is 1. The van der Waals surface area contributed by atoms with Crippen LogP contribution in [0.5, 0.6) is 5.75 Å². The first-order chi connectivity index (χ1) is 15.6. The summed E-state index contributed by atoms with van der Waals surface area (Å²) in [4.78, 5) is 51.7. The maximum atomic E-state index is 13.0. The number of ketones is 1. The summed E-state index contributed by atoms with van der Waals surface area (Å²) in [6.07, 6.45) is -0.880. The minimum absolute atomic E-state index is 0.297. The number of thioether (sulfide) groups is 1. The molecule has 2 saturated heterocycles. The van der Waals surface area contributed by atoms with E-state index in [1.807, 2.05) is 0 Å². The lowest BCUT2D eigenvalue weighted by Gasteiger charge is -2.50. The number of para-hydroxylation sites is 1. The molecule has 10 heteroatoms. The van der Waals surface area contributed by atoms with E-state index in [2.05, 4.69) is 5.32 Å². The average Bonchev–Trinajstić information content (AvgIpc) is 3.07. The Kier molecular flexibility index (Phi) is 5.89. The van der Waals surface area contributed by atoms with Crippen LogP contribution in [0.2, 0.25) is 0 Å². The van der Waals surface area contributed by atoms with Gasteiger partial charge in [-0.25, -0.2) is 9.59 Å². The Balaban J connectivity index is 1.42. The van der Waals surface area contributed by atoms with Crippen molar-refractivity contribution in [1.82, 2.24) is 10.2 Å². The molecule has 0 saturated carbocycles. The molecule has 3 atom stereocenters. The lowest BCUT2D eigenvalue weighted by Crippen LogP contribution is -2.84. The topological polar surface area (TPSA) is 128 Å². The number of fused-ring (bicyclic) bond motifs is 1. The van der Waals surface area contributed by atoms with E-state index in [1.54, 1.807) is 74.5 Å². The van der Waals surface area contributed by atoms with Crippen molar-refractivity contribution in [2.75, 3.05) is 6.61 Å². The van der Waals surface area contributed by atoms with Crippen LogP contribution in [0.3, 0.4) is 0 Å². The summed E-state index contributed by atoms with van der Waals surface area (Å²) in [6, 6.07) is 15.8. The minimum atomic E-state index is -1.73. The summed E-state index contributed by atoms with van der Waals surface area (Å²) in [5, 5.41) is 1.73. The number of amides is 2. The molecule has 2 fully saturated rings. The van der Waals surface area contributed by atoms with Crippen molar-refractivity contribution in [3.05, 3.63) is 66.2 Å². The molecule has 2 aromatic rings. The van der Waals surface area contributed by atoms with Crippen LogP contribution in [-0.4, -0.2) is 57.1 Å². The fourth-order valence-electron chi connectivity index (χ4n) is 3.89. The van der Waals surface area contributed by atoms with Crippen LogP contribution in [-0.2, 0) is 14.3 Å². The van der Waals surface area contributed by atoms with Crippen molar-refractivity contribution >= 4 is 35.5 Å². The second kappa shape index (κ2) is 8.53. The van der Waals surface area contributed by atoms with Gasteiger partial charge in [-0.1, -0.05) is 48.5 Å². The van der Waals surface area contributed by atoms with Gasteiger partial charge in [0.25, 0.3) is 5.91 Å². The van der Waals surface area contributed by atoms with E-state index in [0.717, 1.165) is 0 Å². The number of benzene rings is 2. The SMILES string of the molecule is CC1(C)S[C@H]2N(C(=O)[C@]2(N)NC(=O)Oc2ccccc2)[C@H]1C(=O)OCC(=O)c1ccccc1. The van der Waals surface area contributed by atoms with Gasteiger partial charge in [0.15, 0.2) is 12.4 Å². The third-order valence-electron chi connectivity index (χ3n) is 5.51. The third-order valence-corrected chi connectivity index (χ3v) is 7.16. The molecule has 0 bridgehead atoms. The highest BCUT2D eigenvalue weighted by Gasteiger charge is 2.71. The smallest absolute Gasteiger partial charge is 0.414 e. The number of hydrogen-bond acceptors (Lipinski definition) is 8. The highest BCUT2D eigenvalue weighted by Crippen LogP contribution is 2.53. The zero-order valence-electron chi connectivity index (χ0n) is 18.0. The van der Waals surface area contributed by atoms with Gasteiger partial charge >= 0.3 is 12.1 Å². The lowest BCUT2D eigenvalue weighted by atomic mass is 9.92. The third kappa shape index (κ3) is 4.19. The number of carbonyl (C=O) groups is 4. The molecule has 0 unspecified atom stereocenters. The molecule has 2 aliphatic heterocycles. The number of Topliss-reactive ketones (excluding diaryl/α,β-unsaturated/α-hetero) is 1. The summed E-state index contributed by atoms with van der Waals surface area (Å²) in [5.41, 5.74) is 4.93. The monoisotopic (exact) mass is 469 g/mol. The minimum Gasteiger partial charge on any atom is -0.456 e. The summed E-state index contributed by atoms with van der Waals surface area (Å²) < 4.78 is 9.67. The van der Waals surface area contributed by atoms with Gasteiger partial charge in [0.05, 0.1) is 0 Å². The number of β-lactam (4-membered cyclic amide) rings is 1. The number of nitrogens with zero attached hydrogens (tertiary/aromatic N) is 1. The van der Waals surface area contributed by atoms with Gasteiger partial charge in [0, 0.05) is 10.3 Å². The second-order valence-electron chi connectivity index (χ2n) is 8.28. The first kappa shape index (κ1) is 22.8. The fraction of sp³-hybridized carbons (Fsp3) is 0.304. The zero-order chi connectivity index (χ0) is 23.8. The number of nitrogens with two attached hydrogens (primary N) is 1. The molecule has 2 heterocycles. The van der Waals surface area contributed by atoms with Gasteiger partial charge in [0.2, 0.25) is 5.66 Å². The second-order valence-corrected chi connectivity index (χ2v) is 10.0. The number of hydrogen-bond donors (Lipinski definition) is 2. The average molecular weight is 470 g/mol. The van der Waals surface area contributed by atoms with Crippen LogP contribution < -0.4 is 15.8 Å². The number of carbonyl (C=O) groups excluding carboxylic acids is 4. The molecule has 172 valence electrons. The van der Waals surface area contributed by atoms with Crippen LogP contribution in [0.4, 0.5) is 4.79 Å². The van der Waals surface area contributed by atoms with Gasteiger partial charge in [-0.3, -0.25) is 20.6 Å². The lowest BCUT2D eigenvalue weighted by molar-refractivity contribution is -0.169. The van der Waals surface area contributed by atoms with E-state index < -0.39 is 46.4 Å². The maximum absolute atomic E-state index is 13.0. The first-order valence-electron chi connectivity index (χ1n) is 10.2. The van der Waals surface area contributed by atoms with Crippen molar-refractivity contribution in [3.63, 3.8) is 0 Å². The van der Waals surface area contributed by atoms with Crippen molar-refractivity contribution in [1.29, 1.82) is 0 Å². The maximum Gasteiger partial charge on any atom is 0.414 e. The molecule has 0 spiro atoms. The molecule has 3 N–H and O–H groups in total. The fourth-order valence-corrected chi connectivity index (χ4v) is 5.48. The van der Waals surface area contributed by atoms with Crippen LogP contribution in [0.25, 0.3) is 0 Å². The summed E-state index contributed by atoms with van der Waals surface area (Å²) in [6.45, 7) is 3.11. The van der Waals surface area contributed by atoms with Crippen molar-refractivity contribution in [2.45, 2.75) is 35.7 Å². The van der Waals surface area contributed by atoms with E-state index in [0.29, 0.717) is 11.3 Å². The molecule has 0 aliphatic carbocycles. The first-order valence-corrected chi connectivity index (χ1v) is 11.1. The Morgan fingerprint density at radius 2 is 1.67 bits per heavy atom. The Morgan fingerprint density at radius 1 is 1.06 bits per heavy atom. The summed E-state index contributed by atoms with van der Waals surface area (Å²) in [5.74, 6) is -1.39. The van der Waals surface area contributed by atoms with E-state index in [4.69, 9.17) is 15.2 Å². The highest BCUT2D eigenvalue weighted by molar-refractivity contribution is 8.01. The molecular weight excluding hydrogens is 446 g/mol. The van der Waals surface area contributed by atoms with E-state index >= 15 is 0 Å². The summed E-state index contributed by atoms with van der Waals surface area (Å²) >= 11 is 1.27. The molecular formula is C23H23N3O6S. The normalized spacial score (nSPS) is 24.9. The van der Waals surface area contributed by atoms with Gasteiger partial charge in [-0.05, 0) is 26.0 Å². The van der Waals surface area contributed by atoms with Crippen molar-refractivity contribution < 1.29 is 28.7 Å². The van der Waals surface area contributed by atoms with Crippen LogP contribution >= 0.6 is 11.8 Å². The molecule has 4 rings (SSSR count). The molecule has 2 amide bonds. The molecule has 33 heavy (non-hydrogen) atoms. The van der Waals surface area contributed by atoms with E-state index in [1.165, 1.54) is 16.7 Å². The van der Waals surface area contributed by atoms with Crippen molar-refractivity contribution in [2.24, 2.45) is 5.73 Å². The molecule has 0 aromatic heterocycles. The standard InChI is InChI=1S/C23H23N3O6S/c1-22(2)17(18(28)31-13-16(27)14-9-5-3-6-10-14)26-19(29)23(24,20(26)33-22)25-21(30)32-15-11-7-4-8-12-15/h3-12,17,20H,13,24H2,1-2H3,(H,25,30)/t17-,20+,23-/m0/s1. The molecule has 9 nitrogen and oxygen atoms in total. The Hall–Kier alpha value is -3.37. The van der Waals surface area contributed by atoms with Crippen LogP contribution in [0, 0.1) is 0 Å². The summed E-state index contributed by atoms with van der Waals surface area (Å²) in [7, 11) is 0. The van der Waals surface area contributed by atoms with E-state index in [9.17, 15) is 19.2 Å². The molecule has 0 radical (unpaired) electrons. The van der Waals surface area contributed by atoms with Gasteiger partial charge in [0.1, 0.15) is 17.2 Å². The number of rotatable bonds is 6. The predicted molar refractivity (Wildman–Crippen MR) is 120 cm³/mol. The quantitative estimate of drug-likeness (QED) is 0.284. The van der Waals surface area contributed by atoms with Crippen LogP contribution in [0.1, 0.15) is 24.2 Å². The highest BCUT2D eigenvalue weighted by atomic mass is 32.2. The Labute approximate surface area is 194 Å². The van der Waals surface area contributed by atoms with E-state index in [-0.39, 0.29) is 5.78 Å². The molecule has 2 aliphatic rings. The zero-order valence-corrected chi connectivity index (χ0v) is 18.8. The molecule has 2 aromatic carbocycles. The van der Waals surface area contributed by atoms with Crippen molar-refractivity contribution in [3.8, 4) is 5.75 Å². The van der Waals surface area contributed by atoms with Crippen LogP contribution in [0.15, 0.2) is 60.7 Å².